The van der Waals surface area contributed by atoms with Crippen molar-refractivity contribution in [2.45, 2.75) is 51.4 Å². The molecular weight excluding hydrogens is 535 g/mol. The second kappa shape index (κ2) is 12.2. The second-order valence-corrected chi connectivity index (χ2v) is 10.9. The molecule has 4 rings (SSSR count). The fraction of sp³-hybridized carbons (Fsp3) is 0.367. The minimum atomic E-state index is -4.80. The molecule has 1 aromatic heterocycles. The number of amides is 2. The summed E-state index contributed by atoms with van der Waals surface area (Å²) in [5.41, 5.74) is 5.36. The van der Waals surface area contributed by atoms with E-state index in [-0.39, 0.29) is 29.9 Å². The number of ether oxygens (including phenoxy) is 1. The predicted molar refractivity (Wildman–Crippen MR) is 150 cm³/mol. The van der Waals surface area contributed by atoms with Crippen LogP contribution >= 0.6 is 0 Å². The quantitative estimate of drug-likeness (QED) is 0.357. The van der Waals surface area contributed by atoms with E-state index < -0.39 is 35.4 Å². The molecule has 2 amide bonds. The van der Waals surface area contributed by atoms with Gasteiger partial charge in [0.15, 0.2) is 0 Å². The maximum Gasteiger partial charge on any atom is 0.418 e. The number of aromatic nitrogens is 1. The molecule has 11 heteroatoms. The van der Waals surface area contributed by atoms with Crippen molar-refractivity contribution < 1.29 is 27.5 Å². The lowest BCUT2D eigenvalue weighted by molar-refractivity contribution is -0.138. The third kappa shape index (κ3) is 7.75. The Morgan fingerprint density at radius 3 is 2.49 bits per heavy atom. The van der Waals surface area contributed by atoms with Crippen LogP contribution in [0.25, 0.3) is 0 Å². The molecule has 1 aliphatic rings. The highest BCUT2D eigenvalue weighted by Gasteiger charge is 2.41. The van der Waals surface area contributed by atoms with Crippen molar-refractivity contribution in [3.63, 3.8) is 0 Å². The monoisotopic (exact) mass is 569 g/mol. The van der Waals surface area contributed by atoms with E-state index in [1.54, 1.807) is 51.2 Å². The Balaban J connectivity index is 1.59. The van der Waals surface area contributed by atoms with Gasteiger partial charge in [-0.25, -0.2) is 9.78 Å². The van der Waals surface area contributed by atoms with Crippen LogP contribution in [0.1, 0.15) is 59.4 Å². The number of nitrogen functional groups attached to an aromatic ring is 1. The summed E-state index contributed by atoms with van der Waals surface area (Å²) < 4.78 is 49.1. The number of aryl methyl sites for hydroxylation is 2. The Kier molecular flexibility index (Phi) is 8.86. The van der Waals surface area contributed by atoms with Gasteiger partial charge in [0.25, 0.3) is 5.91 Å². The van der Waals surface area contributed by atoms with E-state index in [9.17, 15) is 22.8 Å². The SMILES string of the molecule is CC(C)(C)OC(=O)N1CCNCC1c1cccc(NC(=O)c2cccc(CCc3ccc(N)nc3)c2)c1C(F)(F)F. The minimum absolute atomic E-state index is 0.102. The number of halogens is 3. The molecule has 0 spiro atoms. The largest absolute Gasteiger partial charge is 0.444 e. The van der Waals surface area contributed by atoms with E-state index in [0.717, 1.165) is 11.1 Å². The number of hydrogen-bond donors (Lipinski definition) is 3. The Labute approximate surface area is 237 Å². The Bertz CT molecular complexity index is 1390. The van der Waals surface area contributed by atoms with Gasteiger partial charge in [-0.1, -0.05) is 30.3 Å². The van der Waals surface area contributed by atoms with Crippen molar-refractivity contribution in [1.82, 2.24) is 15.2 Å². The number of carbonyl (C=O) groups excluding carboxylic acids is 2. The molecule has 1 atom stereocenters. The lowest BCUT2D eigenvalue weighted by Crippen LogP contribution is -2.50. The zero-order valence-electron chi connectivity index (χ0n) is 23.2. The molecule has 218 valence electrons. The highest BCUT2D eigenvalue weighted by molar-refractivity contribution is 6.05. The molecule has 1 saturated heterocycles. The summed E-state index contributed by atoms with van der Waals surface area (Å²) in [5.74, 6) is -0.249. The molecule has 1 aliphatic heterocycles. The first-order valence-electron chi connectivity index (χ1n) is 13.3. The van der Waals surface area contributed by atoms with Crippen LogP contribution in [0.15, 0.2) is 60.8 Å². The van der Waals surface area contributed by atoms with Crippen LogP contribution in [0.4, 0.5) is 29.5 Å². The molecule has 41 heavy (non-hydrogen) atoms. The van der Waals surface area contributed by atoms with Crippen molar-refractivity contribution in [2.75, 3.05) is 30.7 Å². The number of nitrogens with one attached hydrogen (secondary N) is 2. The van der Waals surface area contributed by atoms with Gasteiger partial charge >= 0.3 is 12.3 Å². The van der Waals surface area contributed by atoms with Gasteiger partial charge in [0.1, 0.15) is 11.4 Å². The van der Waals surface area contributed by atoms with Gasteiger partial charge < -0.3 is 21.1 Å². The topological polar surface area (TPSA) is 110 Å². The molecule has 1 fully saturated rings. The number of pyridine rings is 1. The van der Waals surface area contributed by atoms with Gasteiger partial charge in [0.05, 0.1) is 17.3 Å². The molecule has 0 saturated carbocycles. The maximum atomic E-state index is 14.5. The first-order valence-corrected chi connectivity index (χ1v) is 13.3. The molecule has 0 bridgehead atoms. The minimum Gasteiger partial charge on any atom is -0.444 e. The zero-order valence-corrected chi connectivity index (χ0v) is 23.2. The Hall–Kier alpha value is -4.12. The Morgan fingerprint density at radius 1 is 1.07 bits per heavy atom. The maximum absolute atomic E-state index is 14.5. The van der Waals surface area contributed by atoms with Crippen LogP contribution in [0.3, 0.4) is 0 Å². The average molecular weight is 570 g/mol. The standard InChI is InChI=1S/C30H34F3N5O3/c1-29(2,3)41-28(40)38-15-14-35-18-24(38)22-8-5-9-23(26(22)30(31,32)33)37-27(39)21-7-4-6-19(16-21)10-11-20-12-13-25(34)36-17-20/h4-9,12-13,16-17,24,35H,10-11,14-15,18H2,1-3H3,(H2,34,36)(H,37,39). The smallest absolute Gasteiger partial charge is 0.418 e. The summed E-state index contributed by atoms with van der Waals surface area (Å²) in [6, 6.07) is 13.4. The summed E-state index contributed by atoms with van der Waals surface area (Å²) in [6.07, 6.45) is -2.56. The molecule has 1 unspecified atom stereocenters. The molecule has 8 nitrogen and oxygen atoms in total. The third-order valence-electron chi connectivity index (χ3n) is 6.60. The average Bonchev–Trinajstić information content (AvgIpc) is 2.91. The number of carbonyl (C=O) groups is 2. The van der Waals surface area contributed by atoms with E-state index in [0.29, 0.717) is 25.2 Å². The van der Waals surface area contributed by atoms with Crippen molar-refractivity contribution in [1.29, 1.82) is 0 Å². The summed E-state index contributed by atoms with van der Waals surface area (Å²) in [6.45, 7) is 5.79. The number of piperazine rings is 1. The van der Waals surface area contributed by atoms with E-state index in [1.165, 1.54) is 23.1 Å². The van der Waals surface area contributed by atoms with Crippen molar-refractivity contribution in [3.05, 3.63) is 88.6 Å². The highest BCUT2D eigenvalue weighted by atomic mass is 19.4. The van der Waals surface area contributed by atoms with Crippen LogP contribution in [-0.2, 0) is 23.8 Å². The first kappa shape index (κ1) is 29.9. The van der Waals surface area contributed by atoms with Gasteiger partial charge in [0.2, 0.25) is 0 Å². The lowest BCUT2D eigenvalue weighted by atomic mass is 9.95. The van der Waals surface area contributed by atoms with E-state index in [2.05, 4.69) is 15.6 Å². The molecule has 2 heterocycles. The summed E-state index contributed by atoms with van der Waals surface area (Å²) >= 11 is 0. The number of rotatable bonds is 6. The molecule has 3 aromatic rings. The third-order valence-corrected chi connectivity index (χ3v) is 6.60. The molecule has 2 aromatic carbocycles. The molecule has 4 N–H and O–H groups in total. The fourth-order valence-electron chi connectivity index (χ4n) is 4.72. The highest BCUT2D eigenvalue weighted by Crippen LogP contribution is 2.41. The zero-order chi connectivity index (χ0) is 29.8. The number of hydrogen-bond acceptors (Lipinski definition) is 6. The van der Waals surface area contributed by atoms with Gasteiger partial charge in [-0.05, 0) is 74.6 Å². The normalized spacial score (nSPS) is 15.9. The van der Waals surface area contributed by atoms with Crippen LogP contribution in [0.2, 0.25) is 0 Å². The van der Waals surface area contributed by atoms with Crippen LogP contribution in [0.5, 0.6) is 0 Å². The molecular formula is C30H34F3N5O3. The number of nitrogens with zero attached hydrogens (tertiary/aromatic N) is 2. The molecule has 0 radical (unpaired) electrons. The van der Waals surface area contributed by atoms with Crippen LogP contribution in [-0.4, -0.2) is 47.1 Å². The van der Waals surface area contributed by atoms with E-state index in [4.69, 9.17) is 10.5 Å². The summed E-state index contributed by atoms with van der Waals surface area (Å²) in [5, 5.41) is 5.53. The fourth-order valence-corrected chi connectivity index (χ4v) is 4.72. The van der Waals surface area contributed by atoms with Gasteiger partial charge in [-0.15, -0.1) is 0 Å². The number of benzene rings is 2. The van der Waals surface area contributed by atoms with Crippen molar-refractivity contribution >= 4 is 23.5 Å². The first-order chi connectivity index (χ1) is 19.3. The number of alkyl halides is 3. The summed E-state index contributed by atoms with van der Waals surface area (Å²) in [4.78, 5) is 31.5. The lowest BCUT2D eigenvalue weighted by Gasteiger charge is -2.38. The van der Waals surface area contributed by atoms with Gasteiger partial charge in [-0.2, -0.15) is 13.2 Å². The number of nitrogens with two attached hydrogens (primary N) is 1. The van der Waals surface area contributed by atoms with Gasteiger partial charge in [-0.3, -0.25) is 9.69 Å². The number of anilines is 2. The van der Waals surface area contributed by atoms with Crippen molar-refractivity contribution in [3.8, 4) is 0 Å². The van der Waals surface area contributed by atoms with E-state index in [1.807, 2.05) is 12.1 Å². The van der Waals surface area contributed by atoms with Crippen molar-refractivity contribution in [2.24, 2.45) is 0 Å². The summed E-state index contributed by atoms with van der Waals surface area (Å²) in [7, 11) is 0. The van der Waals surface area contributed by atoms with Crippen LogP contribution < -0.4 is 16.4 Å². The second-order valence-electron chi connectivity index (χ2n) is 10.9. The Morgan fingerprint density at radius 2 is 1.80 bits per heavy atom. The predicted octanol–water partition coefficient (Wildman–Crippen LogP) is 5.60. The molecule has 0 aliphatic carbocycles. The van der Waals surface area contributed by atoms with Crippen LogP contribution in [0, 0.1) is 0 Å². The van der Waals surface area contributed by atoms with Gasteiger partial charge in [0, 0.05) is 31.4 Å². The van der Waals surface area contributed by atoms with E-state index >= 15 is 0 Å².